The summed E-state index contributed by atoms with van der Waals surface area (Å²) in [5.41, 5.74) is 9.34. The van der Waals surface area contributed by atoms with Crippen LogP contribution >= 0.6 is 0 Å². The molecular formula is C28H39N7O5. The second-order valence-corrected chi connectivity index (χ2v) is 11.9. The standard InChI is InChI=1S/C28H39N7O5/c1-27(2,3)18-9-7-17(8-10-18)14-37-26(36)30-11-12-34(6)13-19-21-22(40-28(4,5)39-21)25(38-19)35-16-33-20-23(29)31-15-32-24(20)35/h7-10,15-16,19,21-22,25H,11-14H2,1-6H3,(H,30,36)(H2,29,31,32)/t19-,21-,22-,25-/m1/s1. The minimum Gasteiger partial charge on any atom is -0.445 e. The molecule has 1 amide bonds. The summed E-state index contributed by atoms with van der Waals surface area (Å²) in [7, 11) is 1.97. The molecule has 40 heavy (non-hydrogen) atoms. The van der Waals surface area contributed by atoms with Crippen LogP contribution in [-0.2, 0) is 31.0 Å². The first-order valence-electron chi connectivity index (χ1n) is 13.5. The number of rotatable bonds is 8. The van der Waals surface area contributed by atoms with E-state index in [1.54, 1.807) is 6.33 Å². The molecule has 2 aromatic heterocycles. The van der Waals surface area contributed by atoms with Gasteiger partial charge in [-0.25, -0.2) is 19.7 Å². The van der Waals surface area contributed by atoms with E-state index in [0.717, 1.165) is 5.56 Å². The molecule has 12 nitrogen and oxygen atoms in total. The van der Waals surface area contributed by atoms with Gasteiger partial charge in [0.25, 0.3) is 0 Å². The van der Waals surface area contributed by atoms with Gasteiger partial charge in [0.2, 0.25) is 0 Å². The van der Waals surface area contributed by atoms with Crippen LogP contribution in [0, 0.1) is 0 Å². The fraction of sp³-hybridized carbons (Fsp3) is 0.571. The van der Waals surface area contributed by atoms with Crippen LogP contribution in [-0.4, -0.2) is 81.3 Å². The number of nitrogens with zero attached hydrogens (tertiary/aromatic N) is 5. The van der Waals surface area contributed by atoms with Gasteiger partial charge in [-0.05, 0) is 37.4 Å². The number of imidazole rings is 1. The average Bonchev–Trinajstić information content (AvgIpc) is 3.54. The van der Waals surface area contributed by atoms with Gasteiger partial charge in [0.15, 0.2) is 23.5 Å². The Hall–Kier alpha value is -3.32. The summed E-state index contributed by atoms with van der Waals surface area (Å²) in [5.74, 6) is -0.445. The lowest BCUT2D eigenvalue weighted by atomic mass is 9.87. The number of alkyl carbamates (subject to hydrolysis) is 1. The third-order valence-electron chi connectivity index (χ3n) is 7.23. The zero-order chi connectivity index (χ0) is 28.7. The number of anilines is 1. The fourth-order valence-corrected chi connectivity index (χ4v) is 5.13. The molecular weight excluding hydrogens is 514 g/mol. The number of nitrogen functional groups attached to an aromatic ring is 1. The van der Waals surface area contributed by atoms with Gasteiger partial charge in [0, 0.05) is 19.6 Å². The summed E-state index contributed by atoms with van der Waals surface area (Å²) in [4.78, 5) is 27.1. The minimum atomic E-state index is -0.753. The summed E-state index contributed by atoms with van der Waals surface area (Å²) in [6, 6.07) is 8.14. The van der Waals surface area contributed by atoms with E-state index in [1.807, 2.05) is 37.6 Å². The third kappa shape index (κ3) is 6.04. The zero-order valence-corrected chi connectivity index (χ0v) is 24.0. The van der Waals surface area contributed by atoms with Crippen molar-refractivity contribution in [1.82, 2.24) is 29.7 Å². The number of ether oxygens (including phenoxy) is 4. The van der Waals surface area contributed by atoms with E-state index in [4.69, 9.17) is 24.7 Å². The number of likely N-dealkylation sites (N-methyl/N-ethyl adjacent to an activating group) is 1. The maximum absolute atomic E-state index is 12.3. The van der Waals surface area contributed by atoms with Crippen molar-refractivity contribution in [3.63, 3.8) is 0 Å². The van der Waals surface area contributed by atoms with Crippen LogP contribution in [0.15, 0.2) is 36.9 Å². The molecule has 0 aliphatic carbocycles. The van der Waals surface area contributed by atoms with Crippen LogP contribution in [0.25, 0.3) is 11.2 Å². The maximum atomic E-state index is 12.3. The first kappa shape index (κ1) is 28.2. The van der Waals surface area contributed by atoms with Crippen LogP contribution in [0.1, 0.15) is 52.0 Å². The molecule has 2 aliphatic heterocycles. The second kappa shape index (κ2) is 10.9. The van der Waals surface area contributed by atoms with E-state index in [-0.39, 0.29) is 30.3 Å². The molecule has 0 unspecified atom stereocenters. The Balaban J connectivity index is 1.13. The molecule has 3 N–H and O–H groups in total. The summed E-state index contributed by atoms with van der Waals surface area (Å²) in [6.45, 7) is 12.1. The van der Waals surface area contributed by atoms with Crippen molar-refractivity contribution in [2.75, 3.05) is 32.4 Å². The van der Waals surface area contributed by atoms with Crippen LogP contribution in [0.3, 0.4) is 0 Å². The average molecular weight is 554 g/mol. The van der Waals surface area contributed by atoms with Crippen molar-refractivity contribution < 1.29 is 23.7 Å². The largest absolute Gasteiger partial charge is 0.445 e. The SMILES string of the molecule is CN(CCNC(=O)OCc1ccc(C(C)(C)C)cc1)C[C@H]1O[C@@H](n2cnc3c(N)ncnc32)[C@@H]2OC(C)(C)O[C@@H]21. The van der Waals surface area contributed by atoms with E-state index < -0.39 is 18.1 Å². The predicted octanol–water partition coefficient (Wildman–Crippen LogP) is 2.98. The number of fused-ring (bicyclic) bond motifs is 2. The van der Waals surface area contributed by atoms with Gasteiger partial charge >= 0.3 is 6.09 Å². The molecule has 2 fully saturated rings. The maximum Gasteiger partial charge on any atom is 0.407 e. The van der Waals surface area contributed by atoms with Crippen molar-refractivity contribution in [2.24, 2.45) is 0 Å². The van der Waals surface area contributed by atoms with Gasteiger partial charge in [-0.2, -0.15) is 0 Å². The van der Waals surface area contributed by atoms with Crippen LogP contribution in [0.4, 0.5) is 10.6 Å². The first-order valence-corrected chi connectivity index (χ1v) is 13.5. The first-order chi connectivity index (χ1) is 18.9. The van der Waals surface area contributed by atoms with Crippen molar-refractivity contribution in [3.8, 4) is 0 Å². The molecule has 2 aliphatic rings. The Kier molecular flexibility index (Phi) is 7.71. The van der Waals surface area contributed by atoms with Gasteiger partial charge in [-0.15, -0.1) is 0 Å². The fourth-order valence-electron chi connectivity index (χ4n) is 5.13. The molecule has 4 atom stereocenters. The highest BCUT2D eigenvalue weighted by Gasteiger charge is 2.56. The predicted molar refractivity (Wildman–Crippen MR) is 148 cm³/mol. The minimum absolute atomic E-state index is 0.0819. The lowest BCUT2D eigenvalue weighted by molar-refractivity contribution is -0.197. The molecule has 5 rings (SSSR count). The number of hydrogen-bond donors (Lipinski definition) is 2. The van der Waals surface area contributed by atoms with Crippen molar-refractivity contribution in [1.29, 1.82) is 0 Å². The number of benzene rings is 1. The lowest BCUT2D eigenvalue weighted by Crippen LogP contribution is -2.41. The molecule has 3 aromatic rings. The zero-order valence-electron chi connectivity index (χ0n) is 24.0. The van der Waals surface area contributed by atoms with E-state index in [9.17, 15) is 4.79 Å². The van der Waals surface area contributed by atoms with E-state index in [2.05, 4.69) is 58.1 Å². The number of carbonyl (C=O) groups excluding carboxylic acids is 1. The summed E-state index contributed by atoms with van der Waals surface area (Å²) >= 11 is 0. The Morgan fingerprint density at radius 2 is 1.88 bits per heavy atom. The quantitative estimate of drug-likeness (QED) is 0.428. The van der Waals surface area contributed by atoms with Gasteiger partial charge in [0.05, 0.1) is 6.33 Å². The molecule has 2 saturated heterocycles. The second-order valence-electron chi connectivity index (χ2n) is 11.9. The smallest absolute Gasteiger partial charge is 0.407 e. The third-order valence-corrected chi connectivity index (χ3v) is 7.23. The van der Waals surface area contributed by atoms with Gasteiger partial charge < -0.3 is 34.9 Å². The number of nitrogens with one attached hydrogen (secondary N) is 1. The highest BCUT2D eigenvalue weighted by atomic mass is 16.8. The molecule has 216 valence electrons. The number of carbonyl (C=O) groups is 1. The van der Waals surface area contributed by atoms with Crippen molar-refractivity contribution in [3.05, 3.63) is 48.0 Å². The van der Waals surface area contributed by atoms with E-state index in [1.165, 1.54) is 11.9 Å². The number of amides is 1. The molecule has 0 saturated carbocycles. The number of hydrogen-bond acceptors (Lipinski definition) is 10. The normalized spacial score (nSPS) is 24.0. The molecule has 1 aromatic carbocycles. The Bertz CT molecular complexity index is 1340. The molecule has 0 spiro atoms. The Morgan fingerprint density at radius 3 is 2.60 bits per heavy atom. The summed E-state index contributed by atoms with van der Waals surface area (Å²) < 4.78 is 26.1. The van der Waals surface area contributed by atoms with E-state index >= 15 is 0 Å². The summed E-state index contributed by atoms with van der Waals surface area (Å²) in [5, 5.41) is 2.82. The molecule has 0 bridgehead atoms. The van der Waals surface area contributed by atoms with Crippen LogP contribution < -0.4 is 11.1 Å². The highest BCUT2D eigenvalue weighted by Crippen LogP contribution is 2.44. The molecule has 12 heteroatoms. The van der Waals surface area contributed by atoms with Crippen molar-refractivity contribution >= 4 is 23.1 Å². The molecule has 0 radical (unpaired) electrons. The van der Waals surface area contributed by atoms with Gasteiger partial charge in [-0.1, -0.05) is 45.0 Å². The Morgan fingerprint density at radius 1 is 1.15 bits per heavy atom. The van der Waals surface area contributed by atoms with Crippen molar-refractivity contribution in [2.45, 2.75) is 77.0 Å². The summed E-state index contributed by atoms with van der Waals surface area (Å²) in [6.07, 6.45) is 1.19. The topological polar surface area (TPSA) is 139 Å². The van der Waals surface area contributed by atoms with Crippen LogP contribution in [0.5, 0.6) is 0 Å². The Labute approximate surface area is 234 Å². The monoisotopic (exact) mass is 553 g/mol. The number of aromatic nitrogens is 4. The van der Waals surface area contributed by atoms with E-state index in [0.29, 0.717) is 36.6 Å². The molecule has 4 heterocycles. The van der Waals surface area contributed by atoms with Crippen LogP contribution in [0.2, 0.25) is 0 Å². The van der Waals surface area contributed by atoms with Gasteiger partial charge in [-0.3, -0.25) is 4.57 Å². The highest BCUT2D eigenvalue weighted by molar-refractivity contribution is 5.81. The van der Waals surface area contributed by atoms with Gasteiger partial charge in [0.1, 0.15) is 36.8 Å². The lowest BCUT2D eigenvalue weighted by Gasteiger charge is -2.27. The number of nitrogens with two attached hydrogens (primary N) is 1.